The molecule has 0 radical (unpaired) electrons. The molecule has 2 rings (SSSR count). The maximum Gasteiger partial charge on any atom is 0.122 e. The van der Waals surface area contributed by atoms with Gasteiger partial charge < -0.3 is 9.73 Å². The quantitative estimate of drug-likeness (QED) is 0.812. The van der Waals surface area contributed by atoms with Crippen molar-refractivity contribution in [3.63, 3.8) is 0 Å². The number of hydrogen-bond donors (Lipinski definition) is 1. The molecule has 0 aromatic carbocycles. The van der Waals surface area contributed by atoms with Crippen LogP contribution in [0.25, 0.3) is 0 Å². The summed E-state index contributed by atoms with van der Waals surface area (Å²) in [5.41, 5.74) is 4.23. The second-order valence-corrected chi connectivity index (χ2v) is 6.26. The second-order valence-electron chi connectivity index (χ2n) is 5.55. The number of rotatable bonds is 8. The Morgan fingerprint density at radius 1 is 1.40 bits per heavy atom. The fourth-order valence-corrected chi connectivity index (χ4v) is 2.60. The van der Waals surface area contributed by atoms with Crippen LogP contribution in [0.1, 0.15) is 30.9 Å². The van der Waals surface area contributed by atoms with E-state index in [1.807, 2.05) is 5.51 Å². The van der Waals surface area contributed by atoms with Crippen LogP contribution >= 0.6 is 11.3 Å². The lowest BCUT2D eigenvalue weighted by Gasteiger charge is -2.15. The molecule has 0 bridgehead atoms. The summed E-state index contributed by atoms with van der Waals surface area (Å²) < 4.78 is 5.61. The average molecular weight is 293 g/mol. The highest BCUT2D eigenvalue weighted by Crippen LogP contribution is 2.14. The first-order chi connectivity index (χ1) is 9.65. The van der Waals surface area contributed by atoms with E-state index in [-0.39, 0.29) is 0 Å². The van der Waals surface area contributed by atoms with Crippen molar-refractivity contribution in [1.29, 1.82) is 0 Å². The van der Waals surface area contributed by atoms with Crippen LogP contribution in [0.2, 0.25) is 0 Å². The Bertz CT molecular complexity index is 493. The number of furan rings is 1. The van der Waals surface area contributed by atoms with Crippen molar-refractivity contribution in [2.24, 2.45) is 5.92 Å². The molecule has 0 atom stereocenters. The van der Waals surface area contributed by atoms with Gasteiger partial charge in [0, 0.05) is 24.0 Å². The highest BCUT2D eigenvalue weighted by molar-refractivity contribution is 7.07. The third-order valence-corrected chi connectivity index (χ3v) is 3.67. The van der Waals surface area contributed by atoms with E-state index in [9.17, 15) is 0 Å². The predicted molar refractivity (Wildman–Crippen MR) is 82.5 cm³/mol. The van der Waals surface area contributed by atoms with E-state index in [2.05, 4.69) is 47.5 Å². The van der Waals surface area contributed by atoms with E-state index in [1.54, 1.807) is 17.6 Å². The molecule has 2 aromatic heterocycles. The van der Waals surface area contributed by atoms with Crippen LogP contribution in [-0.2, 0) is 19.6 Å². The lowest BCUT2D eigenvalue weighted by molar-refractivity contribution is 0.283. The van der Waals surface area contributed by atoms with Gasteiger partial charge >= 0.3 is 0 Å². The molecular formula is C15H23N3OS. The van der Waals surface area contributed by atoms with Gasteiger partial charge in [0.2, 0.25) is 0 Å². The Hall–Kier alpha value is -1.17. The zero-order chi connectivity index (χ0) is 14.4. The van der Waals surface area contributed by atoms with Crippen LogP contribution in [0, 0.1) is 5.92 Å². The van der Waals surface area contributed by atoms with Gasteiger partial charge in [-0.25, -0.2) is 4.98 Å². The summed E-state index contributed by atoms with van der Waals surface area (Å²) in [6.07, 6.45) is 1.78. The third kappa shape index (κ3) is 4.74. The SMILES string of the molecule is CC(C)CNCc1ccoc1CN(C)Cc1cscn1. The first-order valence-corrected chi connectivity index (χ1v) is 7.91. The van der Waals surface area contributed by atoms with Gasteiger partial charge in [-0.05, 0) is 25.6 Å². The van der Waals surface area contributed by atoms with Gasteiger partial charge in [-0.2, -0.15) is 0 Å². The summed E-state index contributed by atoms with van der Waals surface area (Å²) in [5, 5.41) is 5.54. The van der Waals surface area contributed by atoms with Crippen molar-refractivity contribution < 1.29 is 4.42 Å². The molecule has 0 aliphatic heterocycles. The highest BCUT2D eigenvalue weighted by atomic mass is 32.1. The van der Waals surface area contributed by atoms with Gasteiger partial charge in [-0.15, -0.1) is 11.3 Å². The molecule has 4 nitrogen and oxygen atoms in total. The van der Waals surface area contributed by atoms with E-state index >= 15 is 0 Å². The summed E-state index contributed by atoms with van der Waals surface area (Å²) in [5.74, 6) is 1.71. The number of nitrogens with one attached hydrogen (secondary N) is 1. The minimum absolute atomic E-state index is 0.665. The predicted octanol–water partition coefficient (Wildman–Crippen LogP) is 3.11. The highest BCUT2D eigenvalue weighted by Gasteiger charge is 2.10. The fraction of sp³-hybridized carbons (Fsp3) is 0.533. The monoisotopic (exact) mass is 293 g/mol. The average Bonchev–Trinajstić information content (AvgIpc) is 3.01. The maximum absolute atomic E-state index is 5.61. The van der Waals surface area contributed by atoms with Crippen molar-refractivity contribution in [3.05, 3.63) is 40.2 Å². The van der Waals surface area contributed by atoms with Crippen LogP contribution in [-0.4, -0.2) is 23.5 Å². The van der Waals surface area contributed by atoms with Gasteiger partial charge in [0.25, 0.3) is 0 Å². The number of aromatic nitrogens is 1. The van der Waals surface area contributed by atoms with Crippen molar-refractivity contribution in [2.75, 3.05) is 13.6 Å². The van der Waals surface area contributed by atoms with Crippen molar-refractivity contribution >= 4 is 11.3 Å². The Morgan fingerprint density at radius 3 is 2.95 bits per heavy atom. The number of nitrogens with zero attached hydrogens (tertiary/aromatic N) is 2. The first-order valence-electron chi connectivity index (χ1n) is 6.96. The molecule has 0 fully saturated rings. The second kappa shape index (κ2) is 7.57. The molecule has 2 heterocycles. The van der Waals surface area contributed by atoms with Crippen LogP contribution in [0.5, 0.6) is 0 Å². The minimum atomic E-state index is 0.665. The van der Waals surface area contributed by atoms with Gasteiger partial charge in [0.1, 0.15) is 5.76 Å². The molecule has 110 valence electrons. The Balaban J connectivity index is 1.84. The molecule has 0 spiro atoms. The van der Waals surface area contributed by atoms with Crippen LogP contribution < -0.4 is 5.32 Å². The molecule has 0 unspecified atom stereocenters. The smallest absolute Gasteiger partial charge is 0.122 e. The zero-order valence-corrected chi connectivity index (χ0v) is 13.2. The summed E-state index contributed by atoms with van der Waals surface area (Å²) in [4.78, 5) is 6.53. The standard InChI is InChI=1S/C15H23N3OS/c1-12(2)6-16-7-13-4-5-19-15(13)9-18(3)8-14-10-20-11-17-14/h4-5,10-12,16H,6-9H2,1-3H3. The molecule has 20 heavy (non-hydrogen) atoms. The molecule has 0 aliphatic carbocycles. The summed E-state index contributed by atoms with van der Waals surface area (Å²) >= 11 is 1.64. The van der Waals surface area contributed by atoms with Crippen LogP contribution in [0.3, 0.4) is 0 Å². The van der Waals surface area contributed by atoms with E-state index in [1.165, 1.54) is 5.56 Å². The van der Waals surface area contributed by atoms with Gasteiger partial charge in [-0.1, -0.05) is 13.8 Å². The molecule has 2 aromatic rings. The Morgan fingerprint density at radius 2 is 2.25 bits per heavy atom. The first kappa shape index (κ1) is 15.2. The van der Waals surface area contributed by atoms with Crippen LogP contribution in [0.4, 0.5) is 0 Å². The molecule has 0 saturated carbocycles. The van der Waals surface area contributed by atoms with E-state index < -0.39 is 0 Å². The molecule has 5 heteroatoms. The van der Waals surface area contributed by atoms with Gasteiger partial charge in [0.15, 0.2) is 0 Å². The number of thiazole rings is 1. The molecule has 0 saturated heterocycles. The minimum Gasteiger partial charge on any atom is -0.468 e. The fourth-order valence-electron chi connectivity index (χ4n) is 2.05. The summed E-state index contributed by atoms with van der Waals surface area (Å²) in [6.45, 7) is 7.98. The lowest BCUT2D eigenvalue weighted by Crippen LogP contribution is -2.21. The van der Waals surface area contributed by atoms with Crippen LogP contribution in [0.15, 0.2) is 27.6 Å². The lowest BCUT2D eigenvalue weighted by atomic mass is 10.2. The third-order valence-electron chi connectivity index (χ3n) is 3.03. The maximum atomic E-state index is 5.61. The largest absolute Gasteiger partial charge is 0.468 e. The van der Waals surface area contributed by atoms with E-state index in [0.29, 0.717) is 5.92 Å². The topological polar surface area (TPSA) is 41.3 Å². The summed E-state index contributed by atoms with van der Waals surface area (Å²) in [6, 6.07) is 2.05. The van der Waals surface area contributed by atoms with Crippen molar-refractivity contribution in [1.82, 2.24) is 15.2 Å². The Labute approximate surface area is 124 Å². The van der Waals surface area contributed by atoms with E-state index in [4.69, 9.17) is 4.42 Å². The molecule has 0 aliphatic rings. The summed E-state index contributed by atoms with van der Waals surface area (Å²) in [7, 11) is 2.09. The molecule has 0 amide bonds. The van der Waals surface area contributed by atoms with Gasteiger partial charge in [-0.3, -0.25) is 4.90 Å². The zero-order valence-electron chi connectivity index (χ0n) is 12.4. The van der Waals surface area contributed by atoms with E-state index in [0.717, 1.165) is 37.6 Å². The van der Waals surface area contributed by atoms with Crippen molar-refractivity contribution in [2.45, 2.75) is 33.5 Å². The number of hydrogen-bond acceptors (Lipinski definition) is 5. The molecule has 1 N–H and O–H groups in total. The normalized spacial score (nSPS) is 11.7. The molecular weight excluding hydrogens is 270 g/mol. The van der Waals surface area contributed by atoms with Crippen molar-refractivity contribution in [3.8, 4) is 0 Å². The van der Waals surface area contributed by atoms with Gasteiger partial charge in [0.05, 0.1) is 24.0 Å². The Kier molecular flexibility index (Phi) is 5.76.